The van der Waals surface area contributed by atoms with Gasteiger partial charge >= 0.3 is 12.2 Å². The van der Waals surface area contributed by atoms with Crippen molar-refractivity contribution in [2.75, 3.05) is 18.5 Å². The van der Waals surface area contributed by atoms with Gasteiger partial charge in [0.25, 0.3) is 0 Å². The molecule has 2 aromatic carbocycles. The predicted molar refractivity (Wildman–Crippen MR) is 131 cm³/mol. The van der Waals surface area contributed by atoms with Gasteiger partial charge in [-0.15, -0.1) is 0 Å². The average Bonchev–Trinajstić information content (AvgIpc) is 3.16. The molecule has 4 rings (SSSR count). The molecule has 1 unspecified atom stereocenters. The minimum absolute atomic E-state index is 0.102. The molecule has 1 amide bonds. The first-order valence-corrected chi connectivity index (χ1v) is 11.6. The first-order valence-electron chi connectivity index (χ1n) is 11.6. The van der Waals surface area contributed by atoms with Gasteiger partial charge in [0, 0.05) is 23.7 Å². The smallest absolute Gasteiger partial charge is 0.435 e. The molecule has 1 atom stereocenters. The number of hydrogen-bond acceptors (Lipinski definition) is 6. The number of carbonyl (C=O) groups excluding carboxylic acids is 2. The molecule has 8 heteroatoms. The molecular formula is C27H31N3O5. The number of amides is 1. The Morgan fingerprint density at radius 1 is 1.14 bits per heavy atom. The van der Waals surface area contributed by atoms with Gasteiger partial charge in [-0.05, 0) is 56.5 Å². The molecule has 2 heterocycles. The van der Waals surface area contributed by atoms with Gasteiger partial charge in [-0.1, -0.05) is 42.5 Å². The maximum atomic E-state index is 12.6. The molecule has 1 N–H and O–H groups in total. The zero-order valence-electron chi connectivity index (χ0n) is 20.5. The Morgan fingerprint density at radius 2 is 1.89 bits per heavy atom. The lowest BCUT2D eigenvalue weighted by Gasteiger charge is -2.33. The highest BCUT2D eigenvalue weighted by atomic mass is 16.6. The number of carbonyl (C=O) groups is 2. The lowest BCUT2D eigenvalue weighted by atomic mass is 9.81. The molecule has 0 spiro atoms. The zero-order valence-corrected chi connectivity index (χ0v) is 20.5. The number of benzene rings is 2. The second kappa shape index (κ2) is 10.3. The summed E-state index contributed by atoms with van der Waals surface area (Å²) >= 11 is 0. The first-order chi connectivity index (χ1) is 16.7. The number of anilines is 1. The van der Waals surface area contributed by atoms with E-state index in [-0.39, 0.29) is 18.4 Å². The summed E-state index contributed by atoms with van der Waals surface area (Å²) in [4.78, 5) is 24.9. The van der Waals surface area contributed by atoms with E-state index in [1.54, 1.807) is 6.20 Å². The van der Waals surface area contributed by atoms with Gasteiger partial charge in [-0.3, -0.25) is 5.32 Å². The quantitative estimate of drug-likeness (QED) is 0.504. The Balaban J connectivity index is 1.52. The summed E-state index contributed by atoms with van der Waals surface area (Å²) in [5.74, 6) is 0.102. The lowest BCUT2D eigenvalue weighted by molar-refractivity contribution is -0.0399. The van der Waals surface area contributed by atoms with Crippen LogP contribution in [-0.4, -0.2) is 40.8 Å². The SMILES string of the molecule is Cc1cn(C(=O)OC(C)(C)C)nc1C(c1cccc(NC(=O)OCc2ccccc2)c1)C1COC1. The van der Waals surface area contributed by atoms with E-state index in [9.17, 15) is 9.59 Å². The molecule has 1 aliphatic heterocycles. The van der Waals surface area contributed by atoms with Crippen LogP contribution in [0.4, 0.5) is 15.3 Å². The summed E-state index contributed by atoms with van der Waals surface area (Å²) < 4.78 is 17.5. The Bertz CT molecular complexity index is 1180. The van der Waals surface area contributed by atoms with Gasteiger partial charge in [-0.2, -0.15) is 9.78 Å². The van der Waals surface area contributed by atoms with Crippen molar-refractivity contribution in [3.8, 4) is 0 Å². The lowest BCUT2D eigenvalue weighted by Crippen LogP contribution is -2.34. The molecular weight excluding hydrogens is 446 g/mol. The minimum atomic E-state index is -0.618. The van der Waals surface area contributed by atoms with Crippen LogP contribution in [0.5, 0.6) is 0 Å². The van der Waals surface area contributed by atoms with Gasteiger partial charge in [0.15, 0.2) is 0 Å². The van der Waals surface area contributed by atoms with Crippen molar-refractivity contribution < 1.29 is 23.8 Å². The maximum Gasteiger partial charge on any atom is 0.435 e. The van der Waals surface area contributed by atoms with Gasteiger partial charge < -0.3 is 14.2 Å². The molecule has 1 saturated heterocycles. The minimum Gasteiger partial charge on any atom is -0.444 e. The number of rotatable bonds is 6. The maximum absolute atomic E-state index is 12.6. The second-order valence-electron chi connectivity index (χ2n) is 9.71. The van der Waals surface area contributed by atoms with Gasteiger partial charge in [0.05, 0.1) is 18.9 Å². The Labute approximate surface area is 205 Å². The second-order valence-corrected chi connectivity index (χ2v) is 9.71. The number of nitrogens with one attached hydrogen (secondary N) is 1. The molecule has 0 saturated carbocycles. The van der Waals surface area contributed by atoms with E-state index in [1.165, 1.54) is 4.68 Å². The van der Waals surface area contributed by atoms with Crippen molar-refractivity contribution in [1.82, 2.24) is 9.78 Å². The standard InChI is InChI=1S/C27H31N3O5/c1-18-14-30(26(32)35-27(2,3)4)29-24(18)23(21-16-33-17-21)20-11-8-12-22(13-20)28-25(31)34-15-19-9-6-5-7-10-19/h5-14,21,23H,15-17H2,1-4H3,(H,28,31). The molecule has 1 aromatic heterocycles. The van der Waals surface area contributed by atoms with Crippen LogP contribution in [0, 0.1) is 12.8 Å². The summed E-state index contributed by atoms with van der Waals surface area (Å²) in [5.41, 5.74) is 3.55. The summed E-state index contributed by atoms with van der Waals surface area (Å²) in [6.07, 6.45) is 0.644. The van der Waals surface area contributed by atoms with Crippen LogP contribution in [0.2, 0.25) is 0 Å². The molecule has 1 fully saturated rings. The highest BCUT2D eigenvalue weighted by molar-refractivity contribution is 5.84. The molecule has 184 valence electrons. The van der Waals surface area contributed by atoms with Crippen LogP contribution in [-0.2, 0) is 20.8 Å². The van der Waals surface area contributed by atoms with E-state index in [0.29, 0.717) is 18.9 Å². The molecule has 8 nitrogen and oxygen atoms in total. The number of ether oxygens (including phenoxy) is 3. The molecule has 0 bridgehead atoms. The Kier molecular flexibility index (Phi) is 7.21. The number of aromatic nitrogens is 2. The Morgan fingerprint density at radius 3 is 2.54 bits per heavy atom. The van der Waals surface area contributed by atoms with Gasteiger partial charge in [0.2, 0.25) is 0 Å². The van der Waals surface area contributed by atoms with Crippen LogP contribution in [0.25, 0.3) is 0 Å². The van der Waals surface area contributed by atoms with Crippen LogP contribution in [0.15, 0.2) is 60.8 Å². The normalized spacial score (nSPS) is 14.6. The van der Waals surface area contributed by atoms with Crippen LogP contribution >= 0.6 is 0 Å². The fourth-order valence-electron chi connectivity index (χ4n) is 3.97. The van der Waals surface area contributed by atoms with E-state index in [1.807, 2.05) is 82.3 Å². The third-order valence-electron chi connectivity index (χ3n) is 5.65. The monoisotopic (exact) mass is 477 g/mol. The number of hydrogen-bond donors (Lipinski definition) is 1. The van der Waals surface area contributed by atoms with Crippen LogP contribution in [0.3, 0.4) is 0 Å². The third kappa shape index (κ3) is 6.27. The van der Waals surface area contributed by atoms with Crippen molar-refractivity contribution in [2.45, 2.75) is 45.8 Å². The predicted octanol–water partition coefficient (Wildman–Crippen LogP) is 5.50. The van der Waals surface area contributed by atoms with E-state index in [2.05, 4.69) is 10.4 Å². The summed E-state index contributed by atoms with van der Waals surface area (Å²) in [5, 5.41) is 7.41. The highest BCUT2D eigenvalue weighted by Gasteiger charge is 2.34. The van der Waals surface area contributed by atoms with Crippen molar-refractivity contribution in [3.05, 3.63) is 83.2 Å². The van der Waals surface area contributed by atoms with E-state index in [4.69, 9.17) is 14.2 Å². The van der Waals surface area contributed by atoms with Crippen molar-refractivity contribution in [3.63, 3.8) is 0 Å². The van der Waals surface area contributed by atoms with Crippen LogP contribution < -0.4 is 5.32 Å². The van der Waals surface area contributed by atoms with E-state index < -0.39 is 17.8 Å². The first kappa shape index (κ1) is 24.5. The Hall–Kier alpha value is -3.65. The topological polar surface area (TPSA) is 91.7 Å². The fourth-order valence-corrected chi connectivity index (χ4v) is 3.97. The number of nitrogens with zero attached hydrogens (tertiary/aromatic N) is 2. The van der Waals surface area contributed by atoms with Crippen molar-refractivity contribution in [1.29, 1.82) is 0 Å². The van der Waals surface area contributed by atoms with Gasteiger partial charge in [-0.25, -0.2) is 9.59 Å². The van der Waals surface area contributed by atoms with Crippen molar-refractivity contribution in [2.24, 2.45) is 5.92 Å². The summed E-state index contributed by atoms with van der Waals surface area (Å²) in [6, 6.07) is 17.1. The molecule has 0 radical (unpaired) electrons. The van der Waals surface area contributed by atoms with E-state index >= 15 is 0 Å². The zero-order chi connectivity index (χ0) is 25.0. The molecule has 3 aromatic rings. The largest absolute Gasteiger partial charge is 0.444 e. The van der Waals surface area contributed by atoms with Gasteiger partial charge in [0.1, 0.15) is 12.2 Å². The molecule has 35 heavy (non-hydrogen) atoms. The summed E-state index contributed by atoms with van der Waals surface area (Å²) in [6.45, 7) is 8.77. The fraction of sp³-hybridized carbons (Fsp3) is 0.370. The summed E-state index contributed by atoms with van der Waals surface area (Å²) in [7, 11) is 0. The average molecular weight is 478 g/mol. The highest BCUT2D eigenvalue weighted by Crippen LogP contribution is 2.37. The molecule has 0 aliphatic carbocycles. The third-order valence-corrected chi connectivity index (χ3v) is 5.65. The van der Waals surface area contributed by atoms with Crippen molar-refractivity contribution >= 4 is 17.9 Å². The van der Waals surface area contributed by atoms with Crippen LogP contribution in [0.1, 0.15) is 49.1 Å². The van der Waals surface area contributed by atoms with E-state index in [0.717, 1.165) is 22.4 Å². The molecule has 1 aliphatic rings. The number of aryl methyl sites for hydroxylation is 1.